The summed E-state index contributed by atoms with van der Waals surface area (Å²) in [7, 11) is 0. The van der Waals surface area contributed by atoms with Crippen LogP contribution in [0.2, 0.25) is 10.0 Å². The van der Waals surface area contributed by atoms with E-state index < -0.39 is 0 Å². The predicted octanol–water partition coefficient (Wildman–Crippen LogP) is 4.27. The zero-order chi connectivity index (χ0) is 14.1. The second-order valence-electron chi connectivity index (χ2n) is 6.00. The van der Waals surface area contributed by atoms with Crippen molar-refractivity contribution in [3.8, 4) is 0 Å². The molecule has 0 amide bonds. The van der Waals surface area contributed by atoms with E-state index in [-0.39, 0.29) is 0 Å². The van der Waals surface area contributed by atoms with E-state index in [0.29, 0.717) is 28.2 Å². The standard InChI is InChI=1S/C16H22Cl2N2/c1-11(12-6-7-13(17)14(18)10-12)20-9-3-5-16(20)15-4-2-8-19-15/h6-7,10-11,15-16,19H,2-5,8-9H2,1H3. The molecular weight excluding hydrogens is 291 g/mol. The number of halogens is 2. The molecule has 3 unspecified atom stereocenters. The molecule has 20 heavy (non-hydrogen) atoms. The normalized spacial score (nSPS) is 28.9. The zero-order valence-corrected chi connectivity index (χ0v) is 13.4. The van der Waals surface area contributed by atoms with Crippen molar-refractivity contribution in [1.82, 2.24) is 10.2 Å². The smallest absolute Gasteiger partial charge is 0.0595 e. The molecule has 2 nitrogen and oxygen atoms in total. The second-order valence-corrected chi connectivity index (χ2v) is 6.81. The Morgan fingerprint density at radius 1 is 1.20 bits per heavy atom. The van der Waals surface area contributed by atoms with Crippen molar-refractivity contribution in [1.29, 1.82) is 0 Å². The predicted molar refractivity (Wildman–Crippen MR) is 85.6 cm³/mol. The van der Waals surface area contributed by atoms with Crippen molar-refractivity contribution in [3.63, 3.8) is 0 Å². The minimum atomic E-state index is 0.402. The fraction of sp³-hybridized carbons (Fsp3) is 0.625. The highest BCUT2D eigenvalue weighted by atomic mass is 35.5. The van der Waals surface area contributed by atoms with Crippen LogP contribution in [0.15, 0.2) is 18.2 Å². The molecule has 1 aromatic rings. The van der Waals surface area contributed by atoms with Gasteiger partial charge >= 0.3 is 0 Å². The summed E-state index contributed by atoms with van der Waals surface area (Å²) in [6, 6.07) is 7.78. The van der Waals surface area contributed by atoms with Gasteiger partial charge in [-0.1, -0.05) is 29.3 Å². The fourth-order valence-corrected chi connectivity index (χ4v) is 4.04. The Bertz CT molecular complexity index is 472. The summed E-state index contributed by atoms with van der Waals surface area (Å²) in [5, 5.41) is 4.96. The molecule has 0 aromatic heterocycles. The molecule has 0 bridgehead atoms. The lowest BCUT2D eigenvalue weighted by Gasteiger charge is -2.34. The molecule has 4 heteroatoms. The Morgan fingerprint density at radius 3 is 2.75 bits per heavy atom. The van der Waals surface area contributed by atoms with Crippen LogP contribution in [0, 0.1) is 0 Å². The number of benzene rings is 1. The lowest BCUT2D eigenvalue weighted by molar-refractivity contribution is 0.163. The van der Waals surface area contributed by atoms with Crippen molar-refractivity contribution < 1.29 is 0 Å². The van der Waals surface area contributed by atoms with E-state index in [1.165, 1.54) is 44.3 Å². The molecule has 110 valence electrons. The summed E-state index contributed by atoms with van der Waals surface area (Å²) in [6.07, 6.45) is 5.24. The van der Waals surface area contributed by atoms with Gasteiger partial charge in [0.05, 0.1) is 10.0 Å². The van der Waals surface area contributed by atoms with Crippen molar-refractivity contribution in [2.75, 3.05) is 13.1 Å². The molecule has 0 saturated carbocycles. The van der Waals surface area contributed by atoms with Crippen LogP contribution in [-0.2, 0) is 0 Å². The summed E-state index contributed by atoms with van der Waals surface area (Å²) < 4.78 is 0. The van der Waals surface area contributed by atoms with E-state index in [1.54, 1.807) is 0 Å². The summed E-state index contributed by atoms with van der Waals surface area (Å²) in [5.74, 6) is 0. The van der Waals surface area contributed by atoms with Gasteiger partial charge in [0.1, 0.15) is 0 Å². The van der Waals surface area contributed by atoms with Gasteiger partial charge < -0.3 is 5.32 Å². The summed E-state index contributed by atoms with van der Waals surface area (Å²) >= 11 is 12.2. The third kappa shape index (κ3) is 2.85. The number of nitrogens with one attached hydrogen (secondary N) is 1. The van der Waals surface area contributed by atoms with Crippen LogP contribution in [-0.4, -0.2) is 30.1 Å². The van der Waals surface area contributed by atoms with Crippen LogP contribution in [0.1, 0.15) is 44.2 Å². The summed E-state index contributed by atoms with van der Waals surface area (Å²) in [6.45, 7) is 4.65. The minimum Gasteiger partial charge on any atom is -0.312 e. The van der Waals surface area contributed by atoms with Gasteiger partial charge in [0.25, 0.3) is 0 Å². The van der Waals surface area contributed by atoms with Crippen molar-refractivity contribution >= 4 is 23.2 Å². The highest BCUT2D eigenvalue weighted by molar-refractivity contribution is 6.42. The van der Waals surface area contributed by atoms with Crippen LogP contribution in [0.5, 0.6) is 0 Å². The number of nitrogens with zero attached hydrogens (tertiary/aromatic N) is 1. The van der Waals surface area contributed by atoms with E-state index in [1.807, 2.05) is 12.1 Å². The molecule has 3 atom stereocenters. The molecule has 0 aliphatic carbocycles. The van der Waals surface area contributed by atoms with Crippen LogP contribution in [0.25, 0.3) is 0 Å². The zero-order valence-electron chi connectivity index (χ0n) is 11.9. The molecule has 2 aliphatic heterocycles. The van der Waals surface area contributed by atoms with E-state index >= 15 is 0 Å². The minimum absolute atomic E-state index is 0.402. The fourth-order valence-electron chi connectivity index (χ4n) is 3.73. The van der Waals surface area contributed by atoms with Gasteiger partial charge in [-0.3, -0.25) is 4.90 Å². The maximum atomic E-state index is 6.17. The molecular formula is C16H22Cl2N2. The molecule has 3 rings (SSSR count). The highest BCUT2D eigenvalue weighted by Gasteiger charge is 2.35. The first kappa shape index (κ1) is 14.6. The van der Waals surface area contributed by atoms with Crippen molar-refractivity contribution in [2.45, 2.75) is 50.7 Å². The Kier molecular flexibility index (Phi) is 4.56. The Balaban J connectivity index is 1.77. The highest BCUT2D eigenvalue weighted by Crippen LogP contribution is 2.34. The maximum absolute atomic E-state index is 6.17. The number of rotatable bonds is 3. The first-order chi connectivity index (χ1) is 9.66. The molecule has 1 N–H and O–H groups in total. The van der Waals surface area contributed by atoms with Gasteiger partial charge in [0, 0.05) is 18.1 Å². The van der Waals surface area contributed by atoms with E-state index in [9.17, 15) is 0 Å². The van der Waals surface area contributed by atoms with Gasteiger partial charge in [-0.15, -0.1) is 0 Å². The topological polar surface area (TPSA) is 15.3 Å². The first-order valence-corrected chi connectivity index (χ1v) is 8.36. The maximum Gasteiger partial charge on any atom is 0.0595 e. The van der Waals surface area contributed by atoms with Crippen LogP contribution < -0.4 is 5.32 Å². The Labute approximate surface area is 131 Å². The second kappa shape index (κ2) is 6.23. The summed E-state index contributed by atoms with van der Waals surface area (Å²) in [4.78, 5) is 2.64. The molecule has 0 spiro atoms. The average molecular weight is 313 g/mol. The van der Waals surface area contributed by atoms with Gasteiger partial charge in [0.2, 0.25) is 0 Å². The van der Waals surface area contributed by atoms with Crippen LogP contribution in [0.3, 0.4) is 0 Å². The molecule has 2 aliphatic rings. The third-order valence-corrected chi connectivity index (χ3v) is 5.57. The Hall–Kier alpha value is -0.280. The van der Waals surface area contributed by atoms with E-state index in [0.717, 1.165) is 0 Å². The molecule has 2 saturated heterocycles. The van der Waals surface area contributed by atoms with Gasteiger partial charge in [-0.05, 0) is 63.4 Å². The average Bonchev–Trinajstić information content (AvgIpc) is 3.10. The van der Waals surface area contributed by atoms with Gasteiger partial charge in [-0.25, -0.2) is 0 Å². The lowest BCUT2D eigenvalue weighted by Crippen LogP contribution is -2.44. The van der Waals surface area contributed by atoms with Crippen LogP contribution in [0.4, 0.5) is 0 Å². The third-order valence-electron chi connectivity index (χ3n) is 4.83. The van der Waals surface area contributed by atoms with E-state index in [4.69, 9.17) is 23.2 Å². The number of likely N-dealkylation sites (tertiary alicyclic amines) is 1. The molecule has 2 fully saturated rings. The van der Waals surface area contributed by atoms with E-state index in [2.05, 4.69) is 23.2 Å². The van der Waals surface area contributed by atoms with Crippen molar-refractivity contribution in [2.24, 2.45) is 0 Å². The molecule has 1 aromatic carbocycles. The molecule has 0 radical (unpaired) electrons. The van der Waals surface area contributed by atoms with Gasteiger partial charge in [0.15, 0.2) is 0 Å². The van der Waals surface area contributed by atoms with Gasteiger partial charge in [-0.2, -0.15) is 0 Å². The van der Waals surface area contributed by atoms with Crippen LogP contribution >= 0.6 is 23.2 Å². The monoisotopic (exact) mass is 312 g/mol. The number of hydrogen-bond acceptors (Lipinski definition) is 2. The first-order valence-electron chi connectivity index (χ1n) is 7.61. The SMILES string of the molecule is CC(c1ccc(Cl)c(Cl)c1)N1CCCC1C1CCCN1. The quantitative estimate of drug-likeness (QED) is 0.896. The van der Waals surface area contributed by atoms with Crippen molar-refractivity contribution in [3.05, 3.63) is 33.8 Å². The summed E-state index contributed by atoms with van der Waals surface area (Å²) in [5.41, 5.74) is 1.27. The Morgan fingerprint density at radius 2 is 2.05 bits per heavy atom. The largest absolute Gasteiger partial charge is 0.312 e. The molecule has 2 heterocycles. The lowest BCUT2D eigenvalue weighted by atomic mass is 10.0. The number of hydrogen-bond donors (Lipinski definition) is 1.